The third-order valence-electron chi connectivity index (χ3n) is 7.25. The first-order valence-corrected chi connectivity index (χ1v) is 13.7. The monoisotopic (exact) mass is 675 g/mol. The highest BCUT2D eigenvalue weighted by molar-refractivity contribution is 5.98. The Hall–Kier alpha value is -5.45. The number of alkyl halides is 6. The molecular formula is C32H24F7N5O4. The van der Waals surface area contributed by atoms with Crippen molar-refractivity contribution in [1.29, 1.82) is 10.5 Å². The zero-order valence-electron chi connectivity index (χ0n) is 24.9. The van der Waals surface area contributed by atoms with Crippen molar-refractivity contribution in [2.45, 2.75) is 43.9 Å². The van der Waals surface area contributed by atoms with Gasteiger partial charge in [-0.25, -0.2) is 4.39 Å². The third-order valence-corrected chi connectivity index (χ3v) is 7.25. The maximum atomic E-state index is 13.8. The number of ether oxygens (including phenoxy) is 1. The van der Waals surface area contributed by atoms with Crippen LogP contribution in [0.2, 0.25) is 0 Å². The molecule has 0 aliphatic heterocycles. The molecule has 0 aliphatic carbocycles. The molecule has 2 atom stereocenters. The molecule has 2 amide bonds. The number of hydrogen-bond acceptors (Lipinski definition) is 6. The average Bonchev–Trinajstić information content (AvgIpc) is 3.40. The van der Waals surface area contributed by atoms with E-state index < -0.39 is 82.3 Å². The van der Waals surface area contributed by atoms with Gasteiger partial charge >= 0.3 is 12.4 Å². The Morgan fingerprint density at radius 3 is 1.83 bits per heavy atom. The van der Waals surface area contributed by atoms with Gasteiger partial charge in [-0.3, -0.25) is 9.59 Å². The number of aromatic nitrogens is 1. The predicted molar refractivity (Wildman–Crippen MR) is 156 cm³/mol. The van der Waals surface area contributed by atoms with Crippen LogP contribution in [-0.2, 0) is 33.2 Å². The normalized spacial score (nSPS) is 14.3. The van der Waals surface area contributed by atoms with Gasteiger partial charge < -0.3 is 25.0 Å². The number of hydrogen-bond donors (Lipinski definition) is 3. The van der Waals surface area contributed by atoms with Gasteiger partial charge in [-0.05, 0) is 74.5 Å². The van der Waals surface area contributed by atoms with Crippen LogP contribution in [0.1, 0.15) is 36.1 Å². The number of carbonyl (C=O) groups excluding carboxylic acids is 2. The van der Waals surface area contributed by atoms with Crippen LogP contribution in [0.3, 0.4) is 0 Å². The van der Waals surface area contributed by atoms with Crippen LogP contribution >= 0.6 is 0 Å². The zero-order chi connectivity index (χ0) is 35.7. The summed E-state index contributed by atoms with van der Waals surface area (Å²) < 4.78 is 102. The van der Waals surface area contributed by atoms with Crippen LogP contribution in [0, 0.1) is 28.5 Å². The fourth-order valence-electron chi connectivity index (χ4n) is 4.62. The van der Waals surface area contributed by atoms with Crippen LogP contribution < -0.4 is 10.6 Å². The van der Waals surface area contributed by atoms with Crippen LogP contribution in [0.5, 0.6) is 0 Å². The summed E-state index contributed by atoms with van der Waals surface area (Å²) in [6, 6.07) is 12.9. The van der Waals surface area contributed by atoms with E-state index in [1.54, 1.807) is 0 Å². The molecule has 0 spiro atoms. The highest BCUT2D eigenvalue weighted by atomic mass is 19.4. The molecule has 2 unspecified atom stereocenters. The van der Waals surface area contributed by atoms with E-state index in [9.17, 15) is 45.4 Å². The number of amides is 2. The quantitative estimate of drug-likeness (QED) is 0.176. The van der Waals surface area contributed by atoms with E-state index in [1.807, 2.05) is 0 Å². The second-order valence-electron chi connectivity index (χ2n) is 11.1. The van der Waals surface area contributed by atoms with Gasteiger partial charge in [-0.15, -0.1) is 0 Å². The lowest BCUT2D eigenvalue weighted by atomic mass is 10.0. The first kappa shape index (κ1) is 35.4. The minimum absolute atomic E-state index is 0.369. The minimum atomic E-state index is -4.94. The molecule has 0 fully saturated rings. The average molecular weight is 676 g/mol. The molecule has 3 aromatic carbocycles. The molecular weight excluding hydrogens is 651 g/mol. The lowest BCUT2D eigenvalue weighted by molar-refractivity contribution is -0.159. The Bertz CT molecular complexity index is 1970. The molecule has 4 rings (SSSR count). The summed E-state index contributed by atoms with van der Waals surface area (Å²) in [5, 5.41) is 33.9. The number of nitriles is 2. The number of benzene rings is 3. The Balaban J connectivity index is 1.63. The SMILES string of the molecule is CC(O)(COC(C)(Cn1ccc2cc(F)ccc21)C(=O)Nc1ccc(C#N)c(C(F)(F)F)c1)C(=O)Nc1ccc(C#N)c(C(F)(F)F)c1. The van der Waals surface area contributed by atoms with E-state index >= 15 is 0 Å². The maximum absolute atomic E-state index is 13.8. The minimum Gasteiger partial charge on any atom is -0.378 e. The number of halogens is 7. The van der Waals surface area contributed by atoms with Gasteiger partial charge in [0.1, 0.15) is 5.82 Å². The summed E-state index contributed by atoms with van der Waals surface area (Å²) in [6.07, 6.45) is -8.40. The van der Waals surface area contributed by atoms with Crippen LogP contribution in [0.15, 0.2) is 66.9 Å². The highest BCUT2D eigenvalue weighted by Gasteiger charge is 2.41. The first-order chi connectivity index (χ1) is 22.3. The Labute approximate surface area is 267 Å². The molecule has 9 nitrogen and oxygen atoms in total. The molecule has 250 valence electrons. The molecule has 1 aromatic heterocycles. The van der Waals surface area contributed by atoms with Crippen LogP contribution in [-0.4, -0.2) is 39.3 Å². The van der Waals surface area contributed by atoms with Crippen molar-refractivity contribution in [2.24, 2.45) is 0 Å². The van der Waals surface area contributed by atoms with Gasteiger partial charge in [-0.2, -0.15) is 36.9 Å². The first-order valence-electron chi connectivity index (χ1n) is 13.7. The summed E-state index contributed by atoms with van der Waals surface area (Å²) in [5.41, 5.74) is -9.01. The van der Waals surface area contributed by atoms with Crippen molar-refractivity contribution in [2.75, 3.05) is 17.2 Å². The number of nitrogens with zero attached hydrogens (tertiary/aromatic N) is 3. The third kappa shape index (κ3) is 7.74. The van der Waals surface area contributed by atoms with Crippen molar-refractivity contribution >= 4 is 34.1 Å². The molecule has 16 heteroatoms. The van der Waals surface area contributed by atoms with Crippen molar-refractivity contribution < 1.29 is 50.2 Å². The van der Waals surface area contributed by atoms with Crippen molar-refractivity contribution in [3.8, 4) is 12.1 Å². The van der Waals surface area contributed by atoms with Gasteiger partial charge in [-0.1, -0.05) is 0 Å². The van der Waals surface area contributed by atoms with Crippen molar-refractivity contribution in [3.63, 3.8) is 0 Å². The number of anilines is 2. The lowest BCUT2D eigenvalue weighted by Crippen LogP contribution is -2.52. The number of fused-ring (bicyclic) bond motifs is 1. The van der Waals surface area contributed by atoms with Gasteiger partial charge in [0.2, 0.25) is 0 Å². The number of rotatable bonds is 9. The highest BCUT2D eigenvalue weighted by Crippen LogP contribution is 2.35. The Kier molecular flexibility index (Phi) is 9.57. The molecule has 0 aliphatic rings. The second kappa shape index (κ2) is 13.0. The largest absolute Gasteiger partial charge is 0.417 e. The molecule has 1 heterocycles. The molecule has 48 heavy (non-hydrogen) atoms. The molecule has 0 saturated carbocycles. The van der Waals surface area contributed by atoms with Gasteiger partial charge in [0, 0.05) is 28.5 Å². The van der Waals surface area contributed by atoms with E-state index in [0.717, 1.165) is 37.3 Å². The van der Waals surface area contributed by atoms with Crippen molar-refractivity contribution in [3.05, 3.63) is 94.9 Å². The summed E-state index contributed by atoms with van der Waals surface area (Å²) in [7, 11) is 0. The summed E-state index contributed by atoms with van der Waals surface area (Å²) in [4.78, 5) is 26.6. The van der Waals surface area contributed by atoms with Gasteiger partial charge in [0.05, 0.1) is 47.5 Å². The molecule has 0 saturated heterocycles. The predicted octanol–water partition coefficient (Wildman–Crippen LogP) is 6.37. The second-order valence-corrected chi connectivity index (χ2v) is 11.1. The maximum Gasteiger partial charge on any atom is 0.417 e. The Morgan fingerprint density at radius 2 is 1.33 bits per heavy atom. The Morgan fingerprint density at radius 1 is 0.812 bits per heavy atom. The van der Waals surface area contributed by atoms with Gasteiger partial charge in [0.25, 0.3) is 11.8 Å². The summed E-state index contributed by atoms with van der Waals surface area (Å²) >= 11 is 0. The number of nitrogens with one attached hydrogen (secondary N) is 2. The topological polar surface area (TPSA) is 140 Å². The fraction of sp³-hybridized carbons (Fsp3) is 0.250. The van der Waals surface area contributed by atoms with E-state index in [4.69, 9.17) is 15.3 Å². The van der Waals surface area contributed by atoms with E-state index in [-0.39, 0.29) is 5.69 Å². The lowest BCUT2D eigenvalue weighted by Gasteiger charge is -2.33. The van der Waals surface area contributed by atoms with Crippen LogP contribution in [0.25, 0.3) is 10.9 Å². The molecule has 0 radical (unpaired) electrons. The van der Waals surface area contributed by atoms with E-state index in [0.29, 0.717) is 23.0 Å². The number of aliphatic hydroxyl groups is 1. The smallest absolute Gasteiger partial charge is 0.378 e. The standard InChI is InChI=1S/C32H24F7N5O4/c1-29(47,27(45)42-22-6-3-19(14-40)24(12-22)31(34,35)36)17-48-30(2,16-44-10-9-18-11-21(33)5-8-26(18)44)28(46)43-23-7-4-20(15-41)25(13-23)32(37,38)39/h3-13,47H,16-17H2,1-2H3,(H,42,45)(H,43,46). The zero-order valence-corrected chi connectivity index (χ0v) is 24.9. The summed E-state index contributed by atoms with van der Waals surface area (Å²) in [6.45, 7) is 0.800. The fourth-order valence-corrected chi connectivity index (χ4v) is 4.62. The van der Waals surface area contributed by atoms with Gasteiger partial charge in [0.15, 0.2) is 11.2 Å². The van der Waals surface area contributed by atoms with E-state index in [1.165, 1.54) is 48.0 Å². The van der Waals surface area contributed by atoms with E-state index in [2.05, 4.69) is 10.6 Å². The molecule has 0 bridgehead atoms. The van der Waals surface area contributed by atoms with Crippen molar-refractivity contribution in [1.82, 2.24) is 4.57 Å². The summed E-state index contributed by atoms with van der Waals surface area (Å²) in [5.74, 6) is -2.86. The molecule has 4 aromatic rings. The molecule has 3 N–H and O–H groups in total. The van der Waals surface area contributed by atoms with Crippen LogP contribution in [0.4, 0.5) is 42.1 Å². The number of carbonyl (C=O) groups is 2.